The molecule has 3 rings (SSSR count). The molecule has 20 heavy (non-hydrogen) atoms. The van der Waals surface area contributed by atoms with Crippen molar-refractivity contribution in [1.82, 2.24) is 4.90 Å². The molecule has 0 radical (unpaired) electrons. The predicted octanol–water partition coefficient (Wildman–Crippen LogP) is 4.32. The molecule has 4 heteroatoms. The van der Waals surface area contributed by atoms with Gasteiger partial charge in [-0.3, -0.25) is 4.79 Å². The van der Waals surface area contributed by atoms with E-state index in [1.807, 2.05) is 53.4 Å². The molecule has 1 heterocycles. The number of benzene rings is 2. The largest absolute Gasteiger partial charge is 0.331 e. The molecule has 102 valence electrons. The predicted molar refractivity (Wildman–Crippen MR) is 81.1 cm³/mol. The number of hydrogen-bond acceptors (Lipinski definition) is 1. The van der Waals surface area contributed by atoms with Gasteiger partial charge in [-0.25, -0.2) is 0 Å². The van der Waals surface area contributed by atoms with Crippen LogP contribution in [0.5, 0.6) is 0 Å². The van der Waals surface area contributed by atoms with Gasteiger partial charge in [0.1, 0.15) is 0 Å². The van der Waals surface area contributed by atoms with E-state index in [1.165, 1.54) is 0 Å². The molecule has 2 aromatic carbocycles. The molecular weight excluding hydrogens is 293 g/mol. The molecule has 1 fully saturated rings. The molecule has 2 aromatic rings. The molecule has 0 saturated carbocycles. The Kier molecular flexibility index (Phi) is 3.68. The average molecular weight is 306 g/mol. The highest BCUT2D eigenvalue weighted by Crippen LogP contribution is 2.33. The fourth-order valence-electron chi connectivity index (χ4n) is 2.45. The van der Waals surface area contributed by atoms with Gasteiger partial charge in [-0.1, -0.05) is 47.5 Å². The minimum Gasteiger partial charge on any atom is -0.331 e. The summed E-state index contributed by atoms with van der Waals surface area (Å²) in [5.74, 6) is 0.180. The number of hydrogen-bond donors (Lipinski definition) is 0. The molecule has 0 unspecified atom stereocenters. The molecule has 0 bridgehead atoms. The molecule has 0 aromatic heterocycles. The Hall–Kier alpha value is -1.51. The number of β-lactam (4-membered cyclic amide) rings is 1. The van der Waals surface area contributed by atoms with Gasteiger partial charge in [-0.05, 0) is 35.4 Å². The Balaban J connectivity index is 2.01. The molecule has 0 aliphatic carbocycles. The van der Waals surface area contributed by atoms with E-state index in [0.717, 1.165) is 17.7 Å². The third-order valence-corrected chi connectivity index (χ3v) is 4.07. The van der Waals surface area contributed by atoms with E-state index in [0.29, 0.717) is 16.5 Å². The van der Waals surface area contributed by atoms with Crippen molar-refractivity contribution in [3.63, 3.8) is 0 Å². The third-order valence-electron chi connectivity index (χ3n) is 3.57. The molecule has 1 amide bonds. The zero-order valence-corrected chi connectivity index (χ0v) is 12.2. The van der Waals surface area contributed by atoms with Gasteiger partial charge >= 0.3 is 0 Å². The van der Waals surface area contributed by atoms with Gasteiger partial charge in [0, 0.05) is 23.0 Å². The van der Waals surface area contributed by atoms with Crippen LogP contribution in [0.15, 0.2) is 48.5 Å². The van der Waals surface area contributed by atoms with Crippen molar-refractivity contribution in [2.45, 2.75) is 12.5 Å². The van der Waals surface area contributed by atoms with Gasteiger partial charge in [0.2, 0.25) is 5.91 Å². The smallest absolute Gasteiger partial charge is 0.225 e. The van der Waals surface area contributed by atoms with Crippen LogP contribution in [0.1, 0.15) is 23.6 Å². The van der Waals surface area contributed by atoms with Crippen LogP contribution in [0.3, 0.4) is 0 Å². The minimum atomic E-state index is -0.0641. The number of rotatable bonds is 3. The Morgan fingerprint density at radius 1 is 0.850 bits per heavy atom. The number of carbonyl (C=O) groups excluding carboxylic acids is 1. The van der Waals surface area contributed by atoms with Crippen LogP contribution < -0.4 is 0 Å². The van der Waals surface area contributed by atoms with Crippen molar-refractivity contribution in [3.05, 3.63) is 69.7 Å². The van der Waals surface area contributed by atoms with Crippen LogP contribution in [0.2, 0.25) is 10.0 Å². The first-order chi connectivity index (χ1) is 9.65. The summed E-state index contributed by atoms with van der Waals surface area (Å²) in [6.07, 6.45) is 0.623. The highest BCUT2D eigenvalue weighted by atomic mass is 35.5. The van der Waals surface area contributed by atoms with E-state index in [9.17, 15) is 4.79 Å². The lowest BCUT2D eigenvalue weighted by Crippen LogP contribution is -2.46. The standard InChI is InChI=1S/C16H13Cl2NO/c17-13-5-1-11(2-6-13)16(19-10-9-15(19)20)12-3-7-14(18)8-4-12/h1-8,16H,9-10H2. The zero-order valence-electron chi connectivity index (χ0n) is 10.7. The average Bonchev–Trinajstić information content (AvgIpc) is 2.45. The summed E-state index contributed by atoms with van der Waals surface area (Å²) < 4.78 is 0. The molecule has 1 aliphatic heterocycles. The highest BCUT2D eigenvalue weighted by Gasteiger charge is 2.32. The summed E-state index contributed by atoms with van der Waals surface area (Å²) in [4.78, 5) is 13.7. The third kappa shape index (κ3) is 2.54. The fraction of sp³-hybridized carbons (Fsp3) is 0.188. The number of carbonyl (C=O) groups is 1. The van der Waals surface area contributed by atoms with Crippen molar-refractivity contribution >= 4 is 29.1 Å². The normalized spacial score (nSPS) is 14.6. The van der Waals surface area contributed by atoms with E-state index in [2.05, 4.69) is 0 Å². The number of halogens is 2. The molecule has 1 aliphatic rings. The molecule has 0 atom stereocenters. The van der Waals surface area contributed by atoms with E-state index in [4.69, 9.17) is 23.2 Å². The van der Waals surface area contributed by atoms with Gasteiger partial charge < -0.3 is 4.90 Å². The Morgan fingerprint density at radius 3 is 1.60 bits per heavy atom. The van der Waals surface area contributed by atoms with Gasteiger partial charge in [0.25, 0.3) is 0 Å². The summed E-state index contributed by atoms with van der Waals surface area (Å²) in [6, 6.07) is 15.2. The minimum absolute atomic E-state index is 0.0641. The van der Waals surface area contributed by atoms with Gasteiger partial charge in [0.15, 0.2) is 0 Å². The first-order valence-electron chi connectivity index (χ1n) is 6.45. The summed E-state index contributed by atoms with van der Waals surface area (Å²) in [5, 5.41) is 1.39. The van der Waals surface area contributed by atoms with Crippen LogP contribution in [0, 0.1) is 0 Å². The lowest BCUT2D eigenvalue weighted by Gasteiger charge is -2.39. The maximum atomic E-state index is 11.8. The lowest BCUT2D eigenvalue weighted by atomic mass is 9.94. The molecule has 1 saturated heterocycles. The van der Waals surface area contributed by atoms with Crippen molar-refractivity contribution in [3.8, 4) is 0 Å². The van der Waals surface area contributed by atoms with Crippen molar-refractivity contribution < 1.29 is 4.79 Å². The zero-order chi connectivity index (χ0) is 14.1. The number of nitrogens with zero attached hydrogens (tertiary/aromatic N) is 1. The molecular formula is C16H13Cl2NO. The second kappa shape index (κ2) is 5.47. The number of amides is 1. The van der Waals surface area contributed by atoms with Gasteiger partial charge in [-0.2, -0.15) is 0 Å². The van der Waals surface area contributed by atoms with Crippen molar-refractivity contribution in [1.29, 1.82) is 0 Å². The van der Waals surface area contributed by atoms with Crippen LogP contribution in [-0.4, -0.2) is 17.4 Å². The molecule has 0 spiro atoms. The van der Waals surface area contributed by atoms with Crippen LogP contribution in [-0.2, 0) is 4.79 Å². The highest BCUT2D eigenvalue weighted by molar-refractivity contribution is 6.30. The summed E-state index contributed by atoms with van der Waals surface area (Å²) in [7, 11) is 0. The maximum absolute atomic E-state index is 11.8. The lowest BCUT2D eigenvalue weighted by molar-refractivity contribution is -0.142. The Bertz CT molecular complexity index is 576. The fourth-order valence-corrected chi connectivity index (χ4v) is 2.70. The van der Waals surface area contributed by atoms with Crippen LogP contribution in [0.25, 0.3) is 0 Å². The SMILES string of the molecule is O=C1CCN1C(c1ccc(Cl)cc1)c1ccc(Cl)cc1. The quantitative estimate of drug-likeness (QED) is 0.774. The van der Waals surface area contributed by atoms with E-state index in [-0.39, 0.29) is 11.9 Å². The Morgan fingerprint density at radius 2 is 1.30 bits per heavy atom. The van der Waals surface area contributed by atoms with Crippen molar-refractivity contribution in [2.24, 2.45) is 0 Å². The first-order valence-corrected chi connectivity index (χ1v) is 7.21. The van der Waals surface area contributed by atoms with Crippen LogP contribution in [0.4, 0.5) is 0 Å². The second-order valence-corrected chi connectivity index (χ2v) is 5.72. The second-order valence-electron chi connectivity index (χ2n) is 4.84. The summed E-state index contributed by atoms with van der Waals surface area (Å²) in [6.45, 7) is 0.786. The summed E-state index contributed by atoms with van der Waals surface area (Å²) in [5.41, 5.74) is 2.12. The van der Waals surface area contributed by atoms with Crippen LogP contribution >= 0.6 is 23.2 Å². The topological polar surface area (TPSA) is 20.3 Å². The molecule has 0 N–H and O–H groups in total. The van der Waals surface area contributed by atoms with E-state index < -0.39 is 0 Å². The van der Waals surface area contributed by atoms with E-state index in [1.54, 1.807) is 0 Å². The number of likely N-dealkylation sites (tertiary alicyclic amines) is 1. The Labute approximate surface area is 127 Å². The van der Waals surface area contributed by atoms with E-state index >= 15 is 0 Å². The monoisotopic (exact) mass is 305 g/mol. The van der Waals surface area contributed by atoms with Crippen molar-refractivity contribution in [2.75, 3.05) is 6.54 Å². The molecule has 2 nitrogen and oxygen atoms in total. The van der Waals surface area contributed by atoms with Gasteiger partial charge in [-0.15, -0.1) is 0 Å². The first kappa shape index (κ1) is 13.5. The summed E-state index contributed by atoms with van der Waals surface area (Å²) >= 11 is 11.9. The van der Waals surface area contributed by atoms with Gasteiger partial charge in [0.05, 0.1) is 6.04 Å². The maximum Gasteiger partial charge on any atom is 0.225 e.